The highest BCUT2D eigenvalue weighted by Crippen LogP contribution is 2.45. The molecule has 4 fully saturated rings. The summed E-state index contributed by atoms with van der Waals surface area (Å²) in [6, 6.07) is -1.22. The lowest BCUT2D eigenvalue weighted by molar-refractivity contribution is -0.336. The minimum absolute atomic E-state index is 0.0786. The molecule has 4 heterocycles. The Hall–Kier alpha value is -1.06. The lowest BCUT2D eigenvalue weighted by Crippen LogP contribution is -2.66. The van der Waals surface area contributed by atoms with E-state index in [4.69, 9.17) is 32.6 Å². The molecule has 0 aromatic carbocycles. The van der Waals surface area contributed by atoms with Crippen molar-refractivity contribution in [2.75, 3.05) is 20.7 Å². The Morgan fingerprint density at radius 3 is 2.20 bits per heavy atom. The van der Waals surface area contributed by atoms with E-state index in [0.29, 0.717) is 19.4 Å². The molecule has 0 amide bonds. The van der Waals surface area contributed by atoms with E-state index in [0.717, 1.165) is 0 Å². The van der Waals surface area contributed by atoms with Crippen LogP contribution < -0.4 is 5.32 Å². The molecule has 0 aromatic heterocycles. The number of nitrogens with one attached hydrogen (secondary N) is 1. The first kappa shape index (κ1) is 46.6. The van der Waals surface area contributed by atoms with Crippen LogP contribution >= 0.6 is 0 Å². The van der Waals surface area contributed by atoms with Crippen LogP contribution in [0.4, 0.5) is 0 Å². The third-order valence-electron chi connectivity index (χ3n) is 13.1. The Kier molecular flexibility index (Phi) is 14.6. The van der Waals surface area contributed by atoms with Gasteiger partial charge in [0.1, 0.15) is 35.1 Å². The first-order chi connectivity index (χ1) is 25.3. The van der Waals surface area contributed by atoms with Crippen molar-refractivity contribution >= 4 is 16.3 Å². The molecule has 0 radical (unpaired) electrons. The number of hydrogen-bond donors (Lipinski definition) is 5. The molecule has 55 heavy (non-hydrogen) atoms. The second-order valence-corrected chi connectivity index (χ2v) is 19.1. The van der Waals surface area contributed by atoms with E-state index in [2.05, 4.69) is 5.32 Å². The fourth-order valence-electron chi connectivity index (χ4n) is 9.39. The maximum Gasteiger partial charge on any atom is 0.338 e. The Morgan fingerprint density at radius 1 is 0.982 bits per heavy atom. The van der Waals surface area contributed by atoms with E-state index in [1.54, 1.807) is 48.5 Å². The van der Waals surface area contributed by atoms with Gasteiger partial charge in [-0.25, -0.2) is 4.18 Å². The number of carbonyl (C=O) groups is 1. The highest BCUT2D eigenvalue weighted by Gasteiger charge is 2.58. The first-order valence-electron chi connectivity index (χ1n) is 19.9. The second-order valence-electron chi connectivity index (χ2n) is 17.5. The number of hydrogen-bond acceptors (Lipinski definition) is 15. The molecule has 17 heteroatoms. The number of esters is 1. The zero-order valence-corrected chi connectivity index (χ0v) is 35.9. The summed E-state index contributed by atoms with van der Waals surface area (Å²) < 4.78 is 70.5. The molecule has 5 N–H and O–H groups in total. The van der Waals surface area contributed by atoms with Crippen molar-refractivity contribution in [2.45, 2.75) is 198 Å². The van der Waals surface area contributed by atoms with E-state index in [9.17, 15) is 33.6 Å². The summed E-state index contributed by atoms with van der Waals surface area (Å²) in [5.41, 5.74) is -5.97. The molecule has 0 bridgehead atoms. The number of aliphatic hydroxyl groups is 4. The molecular weight excluding hydrogens is 740 g/mol. The van der Waals surface area contributed by atoms with Gasteiger partial charge in [-0.3, -0.25) is 4.79 Å². The smallest absolute Gasteiger partial charge is 0.338 e. The van der Waals surface area contributed by atoms with Crippen LogP contribution in [0.15, 0.2) is 0 Å². The van der Waals surface area contributed by atoms with E-state index in [-0.39, 0.29) is 25.2 Å². The van der Waals surface area contributed by atoms with Gasteiger partial charge >= 0.3 is 16.3 Å². The SMILES string of the molecule is CC[C@H]1OC(=O)[C@H](C)[C@@H](O[C@H]2C[C@@](C)(OC)[C@](O)(CC)[C@H](C)O2)[C@H](C)[C@@H](O[C@@H]2O[C@H](C)CC3[C@H]2OS(=O)(=O)N3C)[C@](C)(O)C[C@@H](C)CN[C@H](C)[C@@H](O)[C@]1(C)O. The van der Waals surface area contributed by atoms with Crippen LogP contribution in [0.2, 0.25) is 0 Å². The van der Waals surface area contributed by atoms with Crippen molar-refractivity contribution < 1.29 is 66.2 Å². The molecule has 0 saturated carbocycles. The molecule has 4 aliphatic heterocycles. The maximum absolute atomic E-state index is 14.3. The fraction of sp³-hybridized carbons (Fsp3) is 0.974. The van der Waals surface area contributed by atoms with Crippen LogP contribution in [0.3, 0.4) is 0 Å². The molecule has 4 saturated heterocycles. The molecule has 322 valence electrons. The minimum atomic E-state index is -4.08. The van der Waals surface area contributed by atoms with Gasteiger partial charge in [0, 0.05) is 32.5 Å². The van der Waals surface area contributed by atoms with Crippen molar-refractivity contribution in [3.05, 3.63) is 0 Å². The molecule has 18 atom stereocenters. The molecule has 1 unspecified atom stereocenters. The largest absolute Gasteiger partial charge is 0.459 e. The fourth-order valence-corrected chi connectivity index (χ4v) is 10.6. The van der Waals surface area contributed by atoms with Crippen LogP contribution in [0, 0.1) is 17.8 Å². The highest BCUT2D eigenvalue weighted by atomic mass is 32.2. The summed E-state index contributed by atoms with van der Waals surface area (Å²) in [5, 5.41) is 50.5. The quantitative estimate of drug-likeness (QED) is 0.233. The Labute approximate surface area is 328 Å². The number of methoxy groups -OCH3 is 1. The number of ether oxygens (including phenoxy) is 6. The van der Waals surface area contributed by atoms with Gasteiger partial charge in [0.05, 0.1) is 42.0 Å². The maximum atomic E-state index is 14.3. The summed E-state index contributed by atoms with van der Waals surface area (Å²) >= 11 is 0. The van der Waals surface area contributed by atoms with Crippen LogP contribution in [-0.4, -0.2) is 150 Å². The summed E-state index contributed by atoms with van der Waals surface area (Å²) in [6.45, 7) is 19.3. The van der Waals surface area contributed by atoms with E-state index < -0.39 is 118 Å². The first-order valence-corrected chi connectivity index (χ1v) is 21.3. The number of nitrogens with zero attached hydrogens (tertiary/aromatic N) is 1. The van der Waals surface area contributed by atoms with Crippen LogP contribution in [0.1, 0.15) is 108 Å². The molecule has 0 aromatic rings. The zero-order chi connectivity index (χ0) is 41.6. The lowest BCUT2D eigenvalue weighted by Gasteiger charge is -2.53. The number of cyclic esters (lactones) is 1. The second kappa shape index (κ2) is 17.3. The van der Waals surface area contributed by atoms with Gasteiger partial charge < -0.3 is 54.2 Å². The van der Waals surface area contributed by atoms with E-state index >= 15 is 0 Å². The topological polar surface area (TPSA) is 212 Å². The van der Waals surface area contributed by atoms with E-state index in [1.165, 1.54) is 25.4 Å². The summed E-state index contributed by atoms with van der Waals surface area (Å²) in [6.07, 6.45) is -8.06. The molecule has 16 nitrogen and oxygen atoms in total. The molecule has 0 aliphatic carbocycles. The number of aliphatic hydroxyl groups excluding tert-OH is 1. The van der Waals surface area contributed by atoms with Gasteiger partial charge in [0.25, 0.3) is 0 Å². The Bertz CT molecular complexity index is 1420. The summed E-state index contributed by atoms with van der Waals surface area (Å²) in [7, 11) is -1.12. The third kappa shape index (κ3) is 9.24. The standard InChI is InChI=1S/C38H70N2O14S/c1-14-27-37(11,44)31(41)24(7)39-19-20(3)17-35(9,43)32(53-34-30-26(16-21(4)49-34)40(12)55(46,47)54-30)22(5)29(23(6)33(42)51-27)52-28-18-36(10,48-13)38(45,15-2)25(8)50-28/h20-32,34,39,41,43-45H,14-19H2,1-13H3/t20-,21-,22+,23-,24-,25+,26?,27-,28+,29+,30-,31-,32-,34+,35-,36-,37-,38+/m1/s1. The number of fused-ring (bicyclic) bond motifs is 1. The number of likely N-dealkylation sites (N-methyl/N-ethyl adjacent to an activating group) is 1. The minimum Gasteiger partial charge on any atom is -0.459 e. The predicted octanol–water partition coefficient (Wildman–Crippen LogP) is 1.99. The normalized spacial score (nSPS) is 50.7. The van der Waals surface area contributed by atoms with Crippen molar-refractivity contribution in [3.8, 4) is 0 Å². The van der Waals surface area contributed by atoms with Crippen molar-refractivity contribution in [2.24, 2.45) is 17.8 Å². The number of carbonyl (C=O) groups excluding carboxylic acids is 1. The van der Waals surface area contributed by atoms with Crippen molar-refractivity contribution in [1.29, 1.82) is 0 Å². The van der Waals surface area contributed by atoms with Gasteiger partial charge in [-0.15, -0.1) is 0 Å². The highest BCUT2D eigenvalue weighted by molar-refractivity contribution is 7.84. The van der Waals surface area contributed by atoms with E-state index in [1.807, 2.05) is 20.8 Å². The monoisotopic (exact) mass is 810 g/mol. The van der Waals surface area contributed by atoms with Gasteiger partial charge in [0.2, 0.25) is 0 Å². The van der Waals surface area contributed by atoms with Crippen molar-refractivity contribution in [1.82, 2.24) is 9.62 Å². The molecule has 4 aliphatic rings. The zero-order valence-electron chi connectivity index (χ0n) is 35.1. The molecule has 4 rings (SSSR count). The van der Waals surface area contributed by atoms with Gasteiger partial charge in [-0.05, 0) is 86.6 Å². The Balaban J connectivity index is 1.83. The number of rotatable bonds is 7. The van der Waals surface area contributed by atoms with Gasteiger partial charge in [-0.2, -0.15) is 12.7 Å². The average molecular weight is 811 g/mol. The lowest BCUT2D eigenvalue weighted by atomic mass is 9.74. The summed E-state index contributed by atoms with van der Waals surface area (Å²) in [4.78, 5) is 14.3. The molecular formula is C38H70N2O14S. The van der Waals surface area contributed by atoms with Gasteiger partial charge in [-0.1, -0.05) is 27.7 Å². The van der Waals surface area contributed by atoms with Crippen molar-refractivity contribution in [3.63, 3.8) is 0 Å². The van der Waals surface area contributed by atoms with Gasteiger partial charge in [0.15, 0.2) is 12.6 Å². The molecule has 0 spiro atoms. The predicted molar refractivity (Wildman–Crippen MR) is 201 cm³/mol. The summed E-state index contributed by atoms with van der Waals surface area (Å²) in [5.74, 6) is -2.89. The third-order valence-corrected chi connectivity index (χ3v) is 14.5. The Morgan fingerprint density at radius 2 is 1.62 bits per heavy atom. The van der Waals surface area contributed by atoms with Crippen LogP contribution in [-0.2, 0) is 47.7 Å². The average Bonchev–Trinajstić information content (AvgIpc) is 3.34. The van der Waals surface area contributed by atoms with Crippen LogP contribution in [0.5, 0.6) is 0 Å². The van der Waals surface area contributed by atoms with Crippen LogP contribution in [0.25, 0.3) is 0 Å².